The first kappa shape index (κ1) is 18.8. The van der Waals surface area contributed by atoms with Gasteiger partial charge < -0.3 is 15.1 Å². The molecule has 8 nitrogen and oxygen atoms in total. The molecule has 0 unspecified atom stereocenters. The summed E-state index contributed by atoms with van der Waals surface area (Å²) in [6.45, 7) is 3.38. The topological polar surface area (TPSA) is 87.1 Å². The number of rotatable bonds is 6. The predicted molar refractivity (Wildman–Crippen MR) is 111 cm³/mol. The van der Waals surface area contributed by atoms with Crippen molar-refractivity contribution in [2.75, 3.05) is 42.9 Å². The van der Waals surface area contributed by atoms with E-state index in [0.29, 0.717) is 43.6 Å². The molecule has 1 aliphatic rings. The fourth-order valence-electron chi connectivity index (χ4n) is 3.24. The van der Waals surface area contributed by atoms with Gasteiger partial charge in [-0.25, -0.2) is 19.9 Å². The van der Waals surface area contributed by atoms with Crippen LogP contribution in [-0.2, 0) is 6.42 Å². The fraction of sp³-hybridized carbons (Fsp3) is 0.286. The van der Waals surface area contributed by atoms with Crippen LogP contribution in [0.5, 0.6) is 0 Å². The molecule has 1 aromatic carbocycles. The number of nitrogens with zero attached hydrogens (tertiary/aromatic N) is 6. The van der Waals surface area contributed by atoms with Gasteiger partial charge in [0.05, 0.1) is 5.56 Å². The van der Waals surface area contributed by atoms with Gasteiger partial charge in [0.25, 0.3) is 5.91 Å². The summed E-state index contributed by atoms with van der Waals surface area (Å²) < 4.78 is 0. The van der Waals surface area contributed by atoms with E-state index in [1.807, 2.05) is 23.1 Å². The van der Waals surface area contributed by atoms with Gasteiger partial charge in [0.1, 0.15) is 0 Å². The molecule has 1 fully saturated rings. The Balaban J connectivity index is 1.27. The van der Waals surface area contributed by atoms with E-state index in [2.05, 4.69) is 42.3 Å². The molecule has 1 saturated heterocycles. The summed E-state index contributed by atoms with van der Waals surface area (Å²) in [6, 6.07) is 12.0. The third-order valence-electron chi connectivity index (χ3n) is 4.84. The van der Waals surface area contributed by atoms with Crippen LogP contribution in [0.3, 0.4) is 0 Å². The molecule has 148 valence electrons. The molecule has 0 radical (unpaired) electrons. The zero-order valence-electron chi connectivity index (χ0n) is 16.1. The summed E-state index contributed by atoms with van der Waals surface area (Å²) >= 11 is 0. The van der Waals surface area contributed by atoms with Crippen molar-refractivity contribution in [1.82, 2.24) is 24.8 Å². The highest BCUT2D eigenvalue weighted by molar-refractivity contribution is 5.93. The molecule has 0 atom stereocenters. The maximum Gasteiger partial charge on any atom is 0.257 e. The lowest BCUT2D eigenvalue weighted by Gasteiger charge is -2.34. The summed E-state index contributed by atoms with van der Waals surface area (Å²) in [6.07, 6.45) is 7.53. The highest BCUT2D eigenvalue weighted by atomic mass is 16.2. The number of hydrogen-bond acceptors (Lipinski definition) is 7. The van der Waals surface area contributed by atoms with Gasteiger partial charge in [0.15, 0.2) is 0 Å². The number of piperazine rings is 1. The molecule has 2 aromatic heterocycles. The first-order valence-electron chi connectivity index (χ1n) is 9.71. The molecule has 4 rings (SSSR count). The Morgan fingerprint density at radius 2 is 1.59 bits per heavy atom. The van der Waals surface area contributed by atoms with Gasteiger partial charge in [-0.1, -0.05) is 30.3 Å². The van der Waals surface area contributed by atoms with Crippen molar-refractivity contribution < 1.29 is 4.79 Å². The molecule has 0 spiro atoms. The quantitative estimate of drug-likeness (QED) is 0.689. The highest BCUT2D eigenvalue weighted by Gasteiger charge is 2.23. The van der Waals surface area contributed by atoms with Crippen molar-refractivity contribution >= 4 is 17.8 Å². The van der Waals surface area contributed by atoms with Crippen molar-refractivity contribution in [2.45, 2.75) is 6.42 Å². The molecule has 0 saturated carbocycles. The van der Waals surface area contributed by atoms with Gasteiger partial charge in [0.2, 0.25) is 11.9 Å². The predicted octanol–water partition coefficient (Wildman–Crippen LogP) is 1.88. The first-order chi connectivity index (χ1) is 14.3. The zero-order chi connectivity index (χ0) is 19.9. The van der Waals surface area contributed by atoms with Crippen LogP contribution in [0.1, 0.15) is 15.9 Å². The number of aromatic nitrogens is 4. The van der Waals surface area contributed by atoms with E-state index in [9.17, 15) is 4.79 Å². The van der Waals surface area contributed by atoms with E-state index in [4.69, 9.17) is 0 Å². The number of hydrogen-bond donors (Lipinski definition) is 1. The third-order valence-corrected chi connectivity index (χ3v) is 4.84. The van der Waals surface area contributed by atoms with Crippen LogP contribution in [0, 0.1) is 0 Å². The third kappa shape index (κ3) is 4.84. The minimum atomic E-state index is -0.0468. The van der Waals surface area contributed by atoms with Gasteiger partial charge in [-0.15, -0.1) is 0 Å². The van der Waals surface area contributed by atoms with E-state index in [1.54, 1.807) is 30.9 Å². The highest BCUT2D eigenvalue weighted by Crippen LogP contribution is 2.12. The molecular formula is C21H23N7O. The summed E-state index contributed by atoms with van der Waals surface area (Å²) in [7, 11) is 0. The van der Waals surface area contributed by atoms with E-state index in [0.717, 1.165) is 13.0 Å². The number of carbonyl (C=O) groups is 1. The molecule has 3 heterocycles. The summed E-state index contributed by atoms with van der Waals surface area (Å²) in [4.78, 5) is 33.7. The van der Waals surface area contributed by atoms with Crippen molar-refractivity contribution in [3.05, 3.63) is 72.3 Å². The Hall–Kier alpha value is -3.55. The maximum absolute atomic E-state index is 12.7. The summed E-state index contributed by atoms with van der Waals surface area (Å²) in [5.41, 5.74) is 1.76. The normalized spacial score (nSPS) is 13.9. The number of carbonyl (C=O) groups excluding carboxylic acids is 1. The average molecular weight is 389 g/mol. The smallest absolute Gasteiger partial charge is 0.257 e. The van der Waals surface area contributed by atoms with Crippen LogP contribution in [0.2, 0.25) is 0 Å². The van der Waals surface area contributed by atoms with Crippen LogP contribution < -0.4 is 10.2 Å². The minimum absolute atomic E-state index is 0.0468. The van der Waals surface area contributed by atoms with Gasteiger partial charge in [-0.05, 0) is 18.1 Å². The minimum Gasteiger partial charge on any atom is -0.354 e. The lowest BCUT2D eigenvalue weighted by molar-refractivity contribution is 0.0745. The monoisotopic (exact) mass is 389 g/mol. The van der Waals surface area contributed by atoms with Crippen LogP contribution in [0.25, 0.3) is 0 Å². The second-order valence-corrected chi connectivity index (χ2v) is 6.79. The molecule has 0 aliphatic carbocycles. The van der Waals surface area contributed by atoms with Crippen molar-refractivity contribution in [2.24, 2.45) is 0 Å². The van der Waals surface area contributed by atoms with Crippen molar-refractivity contribution in [1.29, 1.82) is 0 Å². The molecule has 8 heteroatoms. The van der Waals surface area contributed by atoms with Gasteiger partial charge >= 0.3 is 0 Å². The molecular weight excluding hydrogens is 366 g/mol. The molecule has 29 heavy (non-hydrogen) atoms. The molecule has 1 N–H and O–H groups in total. The van der Waals surface area contributed by atoms with Crippen molar-refractivity contribution in [3.63, 3.8) is 0 Å². The van der Waals surface area contributed by atoms with Gasteiger partial charge in [-0.3, -0.25) is 4.79 Å². The van der Waals surface area contributed by atoms with E-state index >= 15 is 0 Å². The maximum atomic E-state index is 12.7. The number of amides is 1. The largest absolute Gasteiger partial charge is 0.354 e. The van der Waals surface area contributed by atoms with Crippen LogP contribution in [-0.4, -0.2) is 63.5 Å². The van der Waals surface area contributed by atoms with Gasteiger partial charge in [-0.2, -0.15) is 0 Å². The number of anilines is 2. The molecule has 1 amide bonds. The molecule has 1 aliphatic heterocycles. The summed E-state index contributed by atoms with van der Waals surface area (Å²) in [5, 5.41) is 3.20. The Labute approximate surface area is 169 Å². The van der Waals surface area contributed by atoms with Crippen LogP contribution in [0.4, 0.5) is 11.9 Å². The van der Waals surface area contributed by atoms with E-state index in [1.165, 1.54) is 5.56 Å². The first-order valence-corrected chi connectivity index (χ1v) is 9.71. The lowest BCUT2D eigenvalue weighted by atomic mass is 10.1. The number of nitrogens with one attached hydrogen (secondary N) is 1. The Bertz CT molecular complexity index is 911. The fourth-order valence-corrected chi connectivity index (χ4v) is 3.24. The second kappa shape index (κ2) is 9.09. The summed E-state index contributed by atoms with van der Waals surface area (Å²) in [5.74, 6) is 1.19. The van der Waals surface area contributed by atoms with E-state index in [-0.39, 0.29) is 5.91 Å². The van der Waals surface area contributed by atoms with E-state index < -0.39 is 0 Å². The Morgan fingerprint density at radius 3 is 2.28 bits per heavy atom. The van der Waals surface area contributed by atoms with Crippen LogP contribution >= 0.6 is 0 Å². The second-order valence-electron chi connectivity index (χ2n) is 6.79. The zero-order valence-corrected chi connectivity index (χ0v) is 16.1. The molecule has 0 bridgehead atoms. The number of benzene rings is 1. The van der Waals surface area contributed by atoms with Gasteiger partial charge in [0, 0.05) is 57.5 Å². The molecule has 3 aromatic rings. The van der Waals surface area contributed by atoms with Crippen molar-refractivity contribution in [3.8, 4) is 0 Å². The Kier molecular flexibility index (Phi) is 5.89. The standard InChI is InChI=1S/C21H23N7O/c29-19(27-11-13-28(14-12-27)21-23-8-4-9-24-21)18-15-25-20(26-16-18)22-10-7-17-5-2-1-3-6-17/h1-6,8-9,15-16H,7,10-14H2,(H,22,25,26). The SMILES string of the molecule is O=C(c1cnc(NCCc2ccccc2)nc1)N1CCN(c2ncccn2)CC1. The lowest BCUT2D eigenvalue weighted by Crippen LogP contribution is -2.49. The average Bonchev–Trinajstić information content (AvgIpc) is 2.80. The Morgan fingerprint density at radius 1 is 0.897 bits per heavy atom. The van der Waals surface area contributed by atoms with Crippen LogP contribution in [0.15, 0.2) is 61.2 Å².